The minimum atomic E-state index is -1.09. The number of aliphatic carboxylic acids is 1. The largest absolute Gasteiger partial charge is 0.480 e. The van der Waals surface area contributed by atoms with Crippen LogP contribution < -0.4 is 10.9 Å². The molecule has 2 heterocycles. The summed E-state index contributed by atoms with van der Waals surface area (Å²) in [6.07, 6.45) is 0.747. The second-order valence-corrected chi connectivity index (χ2v) is 6.32. The maximum absolute atomic E-state index is 12.4. The first-order valence-corrected chi connectivity index (χ1v) is 6.94. The van der Waals surface area contributed by atoms with Crippen LogP contribution in [0.25, 0.3) is 0 Å². The van der Waals surface area contributed by atoms with E-state index >= 15 is 0 Å². The van der Waals surface area contributed by atoms with Crippen LogP contribution in [0.2, 0.25) is 0 Å². The molecule has 1 aliphatic rings. The Morgan fingerprint density at radius 3 is 2.64 bits per heavy atom. The molecule has 0 aromatic carbocycles. The number of carbonyl (C=O) groups excluding carboxylic acids is 1. The van der Waals surface area contributed by atoms with Gasteiger partial charge in [-0.05, 0) is 27.2 Å². The fourth-order valence-electron chi connectivity index (χ4n) is 2.40. The van der Waals surface area contributed by atoms with E-state index in [1.165, 1.54) is 6.20 Å². The van der Waals surface area contributed by atoms with Gasteiger partial charge in [0.25, 0.3) is 5.56 Å². The van der Waals surface area contributed by atoms with Crippen LogP contribution in [0.1, 0.15) is 51.9 Å². The molecule has 0 radical (unpaired) electrons. The monoisotopic (exact) mass is 309 g/mol. The quantitative estimate of drug-likeness (QED) is 0.860. The number of fused-ring (bicyclic) bond motifs is 1. The van der Waals surface area contributed by atoms with Gasteiger partial charge in [0.2, 0.25) is 0 Å². The smallest absolute Gasteiger partial charge is 0.412 e. The van der Waals surface area contributed by atoms with Gasteiger partial charge in [-0.15, -0.1) is 0 Å². The number of hydrogen-bond acceptors (Lipinski definition) is 5. The molecule has 2 N–H and O–H groups in total. The van der Waals surface area contributed by atoms with Gasteiger partial charge in [-0.25, -0.2) is 14.6 Å². The summed E-state index contributed by atoms with van der Waals surface area (Å²) in [6.45, 7) is 6.90. The topological polar surface area (TPSA) is 111 Å². The van der Waals surface area contributed by atoms with Crippen molar-refractivity contribution in [2.75, 3.05) is 5.32 Å². The third kappa shape index (κ3) is 3.10. The number of anilines is 1. The van der Waals surface area contributed by atoms with E-state index in [0.717, 1.165) is 4.57 Å². The molecule has 0 saturated heterocycles. The lowest BCUT2D eigenvalue weighted by atomic mass is 10.1. The van der Waals surface area contributed by atoms with Crippen LogP contribution in [0.15, 0.2) is 11.0 Å². The number of aromatic nitrogens is 2. The lowest BCUT2D eigenvalue weighted by Crippen LogP contribution is -2.33. The molecule has 8 nitrogen and oxygen atoms in total. The summed E-state index contributed by atoms with van der Waals surface area (Å²) in [5, 5.41) is 11.5. The first kappa shape index (κ1) is 16.0. The highest BCUT2D eigenvalue weighted by atomic mass is 16.6. The van der Waals surface area contributed by atoms with Crippen LogP contribution in [0.3, 0.4) is 0 Å². The summed E-state index contributed by atoms with van der Waals surface area (Å²) in [6, 6.07) is -0.967. The van der Waals surface area contributed by atoms with Crippen molar-refractivity contribution in [1.82, 2.24) is 9.55 Å². The fourth-order valence-corrected chi connectivity index (χ4v) is 2.40. The number of rotatable bonds is 2. The van der Waals surface area contributed by atoms with Crippen molar-refractivity contribution in [3.05, 3.63) is 22.4 Å². The average molecular weight is 309 g/mol. The maximum Gasteiger partial charge on any atom is 0.412 e. The van der Waals surface area contributed by atoms with Crippen molar-refractivity contribution in [1.29, 1.82) is 0 Å². The molecule has 120 valence electrons. The van der Waals surface area contributed by atoms with Crippen molar-refractivity contribution < 1.29 is 19.4 Å². The van der Waals surface area contributed by atoms with Gasteiger partial charge in [-0.1, -0.05) is 6.92 Å². The van der Waals surface area contributed by atoms with E-state index in [1.807, 2.05) is 6.92 Å². The number of amides is 1. The SMILES string of the molecule is C[C@@H]1C[C@@H](C(=O)O)n2c1ncc(NC(=O)OC(C)(C)C)c2=O. The minimum absolute atomic E-state index is 0.0987. The normalized spacial score (nSPS) is 20.4. The molecule has 22 heavy (non-hydrogen) atoms. The third-order valence-corrected chi connectivity index (χ3v) is 3.27. The first-order valence-electron chi connectivity index (χ1n) is 6.94. The van der Waals surface area contributed by atoms with Gasteiger partial charge < -0.3 is 9.84 Å². The maximum atomic E-state index is 12.4. The molecular weight excluding hydrogens is 290 g/mol. The second kappa shape index (κ2) is 5.43. The molecule has 8 heteroatoms. The van der Waals surface area contributed by atoms with Gasteiger partial charge in [0.15, 0.2) is 0 Å². The molecule has 1 aliphatic heterocycles. The number of nitrogens with zero attached hydrogens (tertiary/aromatic N) is 2. The minimum Gasteiger partial charge on any atom is -0.480 e. The molecule has 1 aromatic heterocycles. The fraction of sp³-hybridized carbons (Fsp3) is 0.571. The van der Waals surface area contributed by atoms with E-state index in [9.17, 15) is 19.5 Å². The van der Waals surface area contributed by atoms with E-state index in [-0.39, 0.29) is 11.6 Å². The van der Waals surface area contributed by atoms with E-state index in [0.29, 0.717) is 12.2 Å². The summed E-state index contributed by atoms with van der Waals surface area (Å²) in [4.78, 5) is 39.5. The summed E-state index contributed by atoms with van der Waals surface area (Å²) < 4.78 is 6.19. The van der Waals surface area contributed by atoms with Crippen LogP contribution in [0.4, 0.5) is 10.5 Å². The van der Waals surface area contributed by atoms with Crippen molar-refractivity contribution in [2.45, 2.75) is 51.7 Å². The van der Waals surface area contributed by atoms with Gasteiger partial charge in [0, 0.05) is 5.92 Å². The Morgan fingerprint density at radius 1 is 1.45 bits per heavy atom. The molecule has 0 fully saturated rings. The Kier molecular flexibility index (Phi) is 3.95. The summed E-state index contributed by atoms with van der Waals surface area (Å²) in [5.41, 5.74) is -1.39. The van der Waals surface area contributed by atoms with E-state index < -0.39 is 29.3 Å². The summed E-state index contributed by atoms with van der Waals surface area (Å²) in [5.74, 6) is -0.819. The van der Waals surface area contributed by atoms with Crippen molar-refractivity contribution >= 4 is 17.7 Å². The Balaban J connectivity index is 2.34. The number of carbonyl (C=O) groups is 2. The highest BCUT2D eigenvalue weighted by molar-refractivity contribution is 5.84. The number of hydrogen-bond donors (Lipinski definition) is 2. The summed E-state index contributed by atoms with van der Waals surface area (Å²) in [7, 11) is 0. The average Bonchev–Trinajstić information content (AvgIpc) is 2.69. The number of ether oxygens (including phenoxy) is 1. The van der Waals surface area contributed by atoms with E-state index in [1.54, 1.807) is 20.8 Å². The predicted molar refractivity (Wildman–Crippen MR) is 78.1 cm³/mol. The standard InChI is InChI=1S/C14H19N3O5/c1-7-5-9(12(19)20)17-10(7)15-6-8(11(17)18)16-13(21)22-14(2,3)4/h6-7,9H,5H2,1-4H3,(H,16,21)(H,19,20)/t7-,9+/m1/s1. The Bertz CT molecular complexity index is 674. The Labute approximate surface area is 127 Å². The third-order valence-electron chi connectivity index (χ3n) is 3.27. The molecule has 2 atom stereocenters. The second-order valence-electron chi connectivity index (χ2n) is 6.32. The molecule has 0 saturated carbocycles. The van der Waals surface area contributed by atoms with Crippen LogP contribution >= 0.6 is 0 Å². The van der Waals surface area contributed by atoms with E-state index in [4.69, 9.17) is 4.74 Å². The lowest BCUT2D eigenvalue weighted by molar-refractivity contribution is -0.140. The van der Waals surface area contributed by atoms with Gasteiger partial charge in [0.1, 0.15) is 23.2 Å². The zero-order chi connectivity index (χ0) is 16.7. The number of carboxylic acids is 1. The molecule has 0 spiro atoms. The van der Waals surface area contributed by atoms with Crippen molar-refractivity contribution in [2.24, 2.45) is 0 Å². The van der Waals surface area contributed by atoms with Crippen molar-refractivity contribution in [3.63, 3.8) is 0 Å². The zero-order valence-corrected chi connectivity index (χ0v) is 12.9. The lowest BCUT2D eigenvalue weighted by Gasteiger charge is -2.19. The van der Waals surface area contributed by atoms with Crippen molar-refractivity contribution in [3.8, 4) is 0 Å². The molecule has 0 aliphatic carbocycles. The molecule has 0 bridgehead atoms. The molecular formula is C14H19N3O5. The predicted octanol–water partition coefficient (Wildman–Crippen LogP) is 1.72. The number of nitrogens with one attached hydrogen (secondary N) is 1. The van der Waals surface area contributed by atoms with Crippen LogP contribution in [0, 0.1) is 0 Å². The zero-order valence-electron chi connectivity index (χ0n) is 12.9. The van der Waals surface area contributed by atoms with Gasteiger partial charge in [-0.3, -0.25) is 14.7 Å². The highest BCUT2D eigenvalue weighted by Gasteiger charge is 2.35. The van der Waals surface area contributed by atoms with Gasteiger partial charge in [0.05, 0.1) is 6.20 Å². The molecule has 1 aromatic rings. The molecule has 2 rings (SSSR count). The van der Waals surface area contributed by atoms with Gasteiger partial charge >= 0.3 is 12.1 Å². The van der Waals surface area contributed by atoms with Crippen LogP contribution in [-0.2, 0) is 9.53 Å². The van der Waals surface area contributed by atoms with E-state index in [2.05, 4.69) is 10.3 Å². The van der Waals surface area contributed by atoms with Gasteiger partial charge in [-0.2, -0.15) is 0 Å². The molecule has 1 amide bonds. The van der Waals surface area contributed by atoms with Crippen LogP contribution in [-0.4, -0.2) is 32.3 Å². The Hall–Kier alpha value is -2.38. The summed E-state index contributed by atoms with van der Waals surface area (Å²) >= 11 is 0. The Morgan fingerprint density at radius 2 is 2.09 bits per heavy atom. The molecule has 0 unspecified atom stereocenters. The number of carboxylic acid groups (broad SMARTS) is 1. The highest BCUT2D eigenvalue weighted by Crippen LogP contribution is 2.33. The van der Waals surface area contributed by atoms with Crippen LogP contribution in [0.5, 0.6) is 0 Å². The first-order chi connectivity index (χ1) is 10.1.